The van der Waals surface area contributed by atoms with Gasteiger partial charge in [0.25, 0.3) is 0 Å². The highest BCUT2D eigenvalue weighted by molar-refractivity contribution is 5.81. The molecule has 2 aliphatic heterocycles. The van der Waals surface area contributed by atoms with Gasteiger partial charge in [-0.05, 0) is 26.7 Å². The Morgan fingerprint density at radius 1 is 1.42 bits per heavy atom. The van der Waals surface area contributed by atoms with E-state index in [4.69, 9.17) is 0 Å². The summed E-state index contributed by atoms with van der Waals surface area (Å²) in [5.74, 6) is -0.206. The second-order valence-corrected chi connectivity index (χ2v) is 8.05. The summed E-state index contributed by atoms with van der Waals surface area (Å²) in [4.78, 5) is 13.0. The molecule has 7 heteroatoms. The Morgan fingerprint density at radius 3 is 2.67 bits per heavy atom. The van der Waals surface area contributed by atoms with Gasteiger partial charge in [-0.2, -0.15) is 10.4 Å². The number of nitriles is 1. The van der Waals surface area contributed by atoms with Crippen LogP contribution in [0.2, 0.25) is 0 Å². The van der Waals surface area contributed by atoms with Gasteiger partial charge >= 0.3 is 0 Å². The monoisotopic (exact) mass is 330 g/mol. The van der Waals surface area contributed by atoms with E-state index < -0.39 is 0 Å². The molecule has 0 aliphatic carbocycles. The van der Waals surface area contributed by atoms with E-state index >= 15 is 0 Å². The van der Waals surface area contributed by atoms with Crippen LogP contribution in [0, 0.1) is 29.1 Å². The number of carbonyl (C=O) groups is 1. The number of carbonyl (C=O) groups excluding carboxylic acids is 1. The van der Waals surface area contributed by atoms with Crippen molar-refractivity contribution in [1.29, 1.82) is 5.26 Å². The molecule has 4 atom stereocenters. The lowest BCUT2D eigenvalue weighted by Crippen LogP contribution is -2.61. The van der Waals surface area contributed by atoms with E-state index in [0.717, 1.165) is 5.56 Å². The first-order valence-corrected chi connectivity index (χ1v) is 8.51. The fourth-order valence-corrected chi connectivity index (χ4v) is 3.54. The van der Waals surface area contributed by atoms with Gasteiger partial charge in [0, 0.05) is 24.3 Å². The van der Waals surface area contributed by atoms with Crippen molar-refractivity contribution in [2.75, 3.05) is 6.54 Å². The summed E-state index contributed by atoms with van der Waals surface area (Å²) in [5, 5.41) is 19.0. The van der Waals surface area contributed by atoms with Gasteiger partial charge in [-0.1, -0.05) is 13.8 Å². The Hall–Kier alpha value is -1.91. The zero-order valence-corrected chi connectivity index (χ0v) is 14.9. The van der Waals surface area contributed by atoms with Gasteiger partial charge in [-0.15, -0.1) is 0 Å². The molecule has 0 bridgehead atoms. The van der Waals surface area contributed by atoms with Crippen LogP contribution < -0.4 is 10.7 Å². The lowest BCUT2D eigenvalue weighted by atomic mass is 9.82. The molecule has 2 N–H and O–H groups in total. The summed E-state index contributed by atoms with van der Waals surface area (Å²) < 4.78 is 1.92. The van der Waals surface area contributed by atoms with Crippen molar-refractivity contribution < 1.29 is 4.79 Å². The second-order valence-electron chi connectivity index (χ2n) is 8.05. The number of aromatic nitrogens is 2. The normalized spacial score (nSPS) is 30.5. The molecule has 3 rings (SSSR count). The number of hydrogen-bond acceptors (Lipinski definition) is 5. The molecule has 7 nitrogen and oxygen atoms in total. The number of fused-ring (bicyclic) bond motifs is 1. The van der Waals surface area contributed by atoms with Crippen molar-refractivity contribution in [1.82, 2.24) is 25.5 Å². The second kappa shape index (κ2) is 5.87. The summed E-state index contributed by atoms with van der Waals surface area (Å²) in [7, 11) is 0. The zero-order valence-electron chi connectivity index (χ0n) is 14.9. The standard InChI is InChI=1S/C17H26N6O/c1-10(2)13-14(12-8-19-22(9-12)17(3,4)5)21-15-11(6-18)7-20-23(15)16(13)24/h8-11,13-15,20-21H,7H2,1-5H3. The Labute approximate surface area is 143 Å². The van der Waals surface area contributed by atoms with E-state index in [0.29, 0.717) is 6.54 Å². The highest BCUT2D eigenvalue weighted by Crippen LogP contribution is 2.37. The molecule has 130 valence electrons. The molecule has 4 unspecified atom stereocenters. The molecule has 1 amide bonds. The van der Waals surface area contributed by atoms with Crippen LogP contribution >= 0.6 is 0 Å². The Bertz CT molecular complexity index is 667. The van der Waals surface area contributed by atoms with E-state index in [2.05, 4.69) is 56.5 Å². The number of amides is 1. The molecule has 2 aliphatic rings. The molecular weight excluding hydrogens is 304 g/mol. The maximum atomic E-state index is 13.0. The van der Waals surface area contributed by atoms with Gasteiger partial charge in [-0.3, -0.25) is 19.8 Å². The molecular formula is C17H26N6O. The van der Waals surface area contributed by atoms with E-state index in [1.807, 2.05) is 17.1 Å². The van der Waals surface area contributed by atoms with Gasteiger partial charge < -0.3 is 0 Å². The van der Waals surface area contributed by atoms with Crippen molar-refractivity contribution in [3.8, 4) is 6.07 Å². The van der Waals surface area contributed by atoms with Crippen molar-refractivity contribution in [2.45, 2.75) is 52.4 Å². The molecule has 2 saturated heterocycles. The van der Waals surface area contributed by atoms with Crippen LogP contribution in [-0.4, -0.2) is 33.4 Å². The predicted molar refractivity (Wildman–Crippen MR) is 89.2 cm³/mol. The molecule has 0 aromatic carbocycles. The third-order valence-electron chi connectivity index (χ3n) is 4.91. The number of hydrogen-bond donors (Lipinski definition) is 2. The van der Waals surface area contributed by atoms with Crippen LogP contribution in [-0.2, 0) is 10.3 Å². The molecule has 0 saturated carbocycles. The van der Waals surface area contributed by atoms with Gasteiger partial charge in [0.2, 0.25) is 5.91 Å². The van der Waals surface area contributed by atoms with Crippen molar-refractivity contribution in [3.63, 3.8) is 0 Å². The molecule has 24 heavy (non-hydrogen) atoms. The van der Waals surface area contributed by atoms with Gasteiger partial charge in [0.05, 0.1) is 29.6 Å². The van der Waals surface area contributed by atoms with Gasteiger partial charge in [0.1, 0.15) is 6.17 Å². The number of rotatable bonds is 2. The van der Waals surface area contributed by atoms with Crippen LogP contribution in [0.5, 0.6) is 0 Å². The Morgan fingerprint density at radius 2 is 2.12 bits per heavy atom. The first kappa shape index (κ1) is 16.9. The summed E-state index contributed by atoms with van der Waals surface area (Å²) in [5.41, 5.74) is 3.96. The Kier molecular flexibility index (Phi) is 4.14. The smallest absolute Gasteiger partial charge is 0.243 e. The average Bonchev–Trinajstić information content (AvgIpc) is 3.12. The molecule has 2 fully saturated rings. The lowest BCUT2D eigenvalue weighted by Gasteiger charge is -2.42. The highest BCUT2D eigenvalue weighted by atomic mass is 16.2. The van der Waals surface area contributed by atoms with E-state index in [-0.39, 0.29) is 41.4 Å². The highest BCUT2D eigenvalue weighted by Gasteiger charge is 2.49. The minimum absolute atomic E-state index is 0.0556. The predicted octanol–water partition coefficient (Wildman–Crippen LogP) is 1.37. The number of nitrogens with zero attached hydrogens (tertiary/aromatic N) is 4. The molecule has 3 heterocycles. The number of hydrazine groups is 1. The van der Waals surface area contributed by atoms with Crippen molar-refractivity contribution in [2.24, 2.45) is 17.8 Å². The van der Waals surface area contributed by atoms with Crippen molar-refractivity contribution in [3.05, 3.63) is 18.0 Å². The summed E-state index contributed by atoms with van der Waals surface area (Å²) in [6.45, 7) is 10.9. The first-order valence-electron chi connectivity index (χ1n) is 8.51. The maximum absolute atomic E-state index is 13.0. The molecule has 1 aromatic rings. The van der Waals surface area contributed by atoms with Crippen molar-refractivity contribution >= 4 is 5.91 Å². The fraction of sp³-hybridized carbons (Fsp3) is 0.706. The first-order chi connectivity index (χ1) is 11.2. The summed E-state index contributed by atoms with van der Waals surface area (Å²) in [6, 6.07) is 2.16. The zero-order chi connectivity index (χ0) is 17.6. The maximum Gasteiger partial charge on any atom is 0.243 e. The lowest BCUT2D eigenvalue weighted by molar-refractivity contribution is -0.148. The Balaban J connectivity index is 1.96. The third-order valence-corrected chi connectivity index (χ3v) is 4.91. The van der Waals surface area contributed by atoms with E-state index in [1.54, 1.807) is 5.01 Å². The van der Waals surface area contributed by atoms with Crippen LogP contribution in [0.3, 0.4) is 0 Å². The van der Waals surface area contributed by atoms with Crippen LogP contribution in [0.4, 0.5) is 0 Å². The van der Waals surface area contributed by atoms with Crippen LogP contribution in [0.25, 0.3) is 0 Å². The molecule has 1 aromatic heterocycles. The minimum atomic E-state index is -0.291. The van der Waals surface area contributed by atoms with Gasteiger partial charge in [-0.25, -0.2) is 5.43 Å². The van der Waals surface area contributed by atoms with Gasteiger partial charge in [0.15, 0.2) is 0 Å². The quantitative estimate of drug-likeness (QED) is 0.855. The SMILES string of the molecule is CC(C)C1C(=O)N2NCC(C#N)C2NC1c1cnn(C(C)(C)C)c1. The fourth-order valence-electron chi connectivity index (χ4n) is 3.54. The molecule has 0 radical (unpaired) electrons. The van der Waals surface area contributed by atoms with E-state index in [1.165, 1.54) is 0 Å². The largest absolute Gasteiger partial charge is 0.287 e. The van der Waals surface area contributed by atoms with E-state index in [9.17, 15) is 10.1 Å². The van der Waals surface area contributed by atoms with Crippen LogP contribution in [0.15, 0.2) is 12.4 Å². The minimum Gasteiger partial charge on any atom is -0.287 e. The number of nitrogens with one attached hydrogen (secondary N) is 2. The average molecular weight is 330 g/mol. The summed E-state index contributed by atoms with van der Waals surface area (Å²) >= 11 is 0. The van der Waals surface area contributed by atoms with Crippen LogP contribution in [0.1, 0.15) is 46.2 Å². The summed E-state index contributed by atoms with van der Waals surface area (Å²) in [6.07, 6.45) is 3.56. The molecule has 0 spiro atoms. The third kappa shape index (κ3) is 2.70. The topological polar surface area (TPSA) is 86.0 Å².